The van der Waals surface area contributed by atoms with Crippen molar-refractivity contribution < 1.29 is 17.6 Å². The molecule has 1 aliphatic heterocycles. The molecular weight excluding hydrogens is 364 g/mol. The lowest BCUT2D eigenvalue weighted by molar-refractivity contribution is 0.200. The second-order valence-electron chi connectivity index (χ2n) is 6.01. The molecule has 2 aromatic rings. The Morgan fingerprint density at radius 2 is 2.00 bits per heavy atom. The largest absolute Gasteiger partial charge is 0.468 e. The van der Waals surface area contributed by atoms with Crippen LogP contribution in [0, 0.1) is 0 Å². The van der Waals surface area contributed by atoms with Crippen LogP contribution in [-0.2, 0) is 15.6 Å². The standard InChI is InChI=1S/C17H19ClN2O4S/c18-13-3-1-4-14(11-13)19-17(21)20-8-6-16(7-9-20)25(22,23)12-15-5-2-10-24-15/h1-5,10-11,16H,6-9,12H2,(H,19,21). The molecule has 1 aliphatic rings. The van der Waals surface area contributed by atoms with Gasteiger partial charge in [-0.15, -0.1) is 0 Å². The fourth-order valence-electron chi connectivity index (χ4n) is 2.90. The Morgan fingerprint density at radius 1 is 1.24 bits per heavy atom. The van der Waals surface area contributed by atoms with Crippen LogP contribution in [0.4, 0.5) is 10.5 Å². The number of rotatable bonds is 4. The van der Waals surface area contributed by atoms with E-state index >= 15 is 0 Å². The molecule has 134 valence electrons. The Bertz CT molecular complexity index is 828. The molecule has 8 heteroatoms. The van der Waals surface area contributed by atoms with E-state index in [1.807, 2.05) is 0 Å². The lowest BCUT2D eigenvalue weighted by Gasteiger charge is -2.31. The molecule has 1 aromatic heterocycles. The number of nitrogens with zero attached hydrogens (tertiary/aromatic N) is 1. The summed E-state index contributed by atoms with van der Waals surface area (Å²) in [6.45, 7) is 0.795. The molecule has 0 spiro atoms. The van der Waals surface area contributed by atoms with Crippen LogP contribution in [0.2, 0.25) is 5.02 Å². The summed E-state index contributed by atoms with van der Waals surface area (Å²) in [4.78, 5) is 13.9. The van der Waals surface area contributed by atoms with Crippen LogP contribution in [0.25, 0.3) is 0 Å². The summed E-state index contributed by atoms with van der Waals surface area (Å²) in [6, 6.07) is 9.99. The molecule has 0 radical (unpaired) electrons. The number of furan rings is 1. The first-order valence-electron chi connectivity index (χ1n) is 7.99. The molecule has 1 N–H and O–H groups in total. The zero-order chi connectivity index (χ0) is 17.9. The first kappa shape index (κ1) is 17.8. The molecule has 1 aromatic carbocycles. The summed E-state index contributed by atoms with van der Waals surface area (Å²) in [5, 5.41) is 2.87. The Balaban J connectivity index is 1.55. The maximum atomic E-state index is 12.5. The van der Waals surface area contributed by atoms with Crippen LogP contribution in [0.3, 0.4) is 0 Å². The molecule has 0 atom stereocenters. The van der Waals surface area contributed by atoms with Gasteiger partial charge >= 0.3 is 6.03 Å². The molecule has 0 bridgehead atoms. The minimum absolute atomic E-state index is 0.0978. The van der Waals surface area contributed by atoms with E-state index in [2.05, 4.69) is 5.32 Å². The van der Waals surface area contributed by atoms with E-state index in [4.69, 9.17) is 16.0 Å². The quantitative estimate of drug-likeness (QED) is 0.876. The molecule has 2 amide bonds. The molecule has 3 rings (SSSR count). The topological polar surface area (TPSA) is 79.6 Å². The maximum absolute atomic E-state index is 12.5. The van der Waals surface area contributed by atoms with Crippen molar-refractivity contribution in [3.63, 3.8) is 0 Å². The predicted molar refractivity (Wildman–Crippen MR) is 96.4 cm³/mol. The predicted octanol–water partition coefficient (Wildman–Crippen LogP) is 3.54. The third kappa shape index (κ3) is 4.55. The Morgan fingerprint density at radius 3 is 2.64 bits per heavy atom. The van der Waals surface area contributed by atoms with Crippen molar-refractivity contribution >= 4 is 33.2 Å². The number of hydrogen-bond donors (Lipinski definition) is 1. The van der Waals surface area contributed by atoms with Crippen LogP contribution >= 0.6 is 11.6 Å². The number of amides is 2. The first-order chi connectivity index (χ1) is 11.9. The lowest BCUT2D eigenvalue weighted by Crippen LogP contribution is -2.44. The van der Waals surface area contributed by atoms with E-state index in [0.29, 0.717) is 42.4 Å². The van der Waals surface area contributed by atoms with Gasteiger partial charge in [-0.25, -0.2) is 13.2 Å². The van der Waals surface area contributed by atoms with Crippen LogP contribution < -0.4 is 5.32 Å². The Labute approximate surface area is 151 Å². The summed E-state index contributed by atoms with van der Waals surface area (Å²) < 4.78 is 30.1. The lowest BCUT2D eigenvalue weighted by atomic mass is 10.1. The summed E-state index contributed by atoms with van der Waals surface area (Å²) >= 11 is 5.90. The van der Waals surface area contributed by atoms with E-state index in [1.54, 1.807) is 41.3 Å². The smallest absolute Gasteiger partial charge is 0.321 e. The summed E-state index contributed by atoms with van der Waals surface area (Å²) in [5.41, 5.74) is 0.616. The van der Waals surface area contributed by atoms with Gasteiger partial charge in [0.05, 0.1) is 11.5 Å². The van der Waals surface area contributed by atoms with Crippen LogP contribution in [0.15, 0.2) is 47.1 Å². The average molecular weight is 383 g/mol. The van der Waals surface area contributed by atoms with Crippen molar-refractivity contribution in [2.75, 3.05) is 18.4 Å². The van der Waals surface area contributed by atoms with Gasteiger partial charge in [-0.2, -0.15) is 0 Å². The number of benzene rings is 1. The van der Waals surface area contributed by atoms with Gasteiger partial charge in [0.25, 0.3) is 0 Å². The van der Waals surface area contributed by atoms with E-state index < -0.39 is 15.1 Å². The number of piperidine rings is 1. The number of sulfone groups is 1. The fourth-order valence-corrected chi connectivity index (χ4v) is 4.81. The van der Waals surface area contributed by atoms with E-state index in [1.165, 1.54) is 6.26 Å². The number of nitrogens with one attached hydrogen (secondary N) is 1. The van der Waals surface area contributed by atoms with Gasteiger partial charge in [-0.1, -0.05) is 17.7 Å². The fraction of sp³-hybridized carbons (Fsp3) is 0.353. The second-order valence-corrected chi connectivity index (χ2v) is 8.73. The van der Waals surface area contributed by atoms with Gasteiger partial charge in [0, 0.05) is 23.8 Å². The van der Waals surface area contributed by atoms with Crippen molar-refractivity contribution in [2.45, 2.75) is 23.8 Å². The highest BCUT2D eigenvalue weighted by Crippen LogP contribution is 2.23. The Kier molecular flexibility index (Phi) is 5.34. The van der Waals surface area contributed by atoms with Crippen molar-refractivity contribution in [2.24, 2.45) is 0 Å². The van der Waals surface area contributed by atoms with Crippen molar-refractivity contribution in [3.8, 4) is 0 Å². The van der Waals surface area contributed by atoms with E-state index in [9.17, 15) is 13.2 Å². The van der Waals surface area contributed by atoms with Crippen LogP contribution in [-0.4, -0.2) is 37.7 Å². The highest BCUT2D eigenvalue weighted by Gasteiger charge is 2.32. The number of urea groups is 1. The van der Waals surface area contributed by atoms with E-state index in [0.717, 1.165) is 0 Å². The zero-order valence-electron chi connectivity index (χ0n) is 13.5. The summed E-state index contributed by atoms with van der Waals surface area (Å²) in [7, 11) is -3.29. The van der Waals surface area contributed by atoms with Gasteiger partial charge in [-0.05, 0) is 43.2 Å². The third-order valence-electron chi connectivity index (χ3n) is 4.24. The molecule has 2 heterocycles. The number of carbonyl (C=O) groups excluding carboxylic acids is 1. The molecule has 0 aliphatic carbocycles. The average Bonchev–Trinajstić information content (AvgIpc) is 3.07. The van der Waals surface area contributed by atoms with Crippen molar-refractivity contribution in [1.29, 1.82) is 0 Å². The molecule has 0 saturated carbocycles. The number of carbonyl (C=O) groups is 1. The monoisotopic (exact) mass is 382 g/mol. The molecule has 1 saturated heterocycles. The molecule has 6 nitrogen and oxygen atoms in total. The Hall–Kier alpha value is -1.99. The SMILES string of the molecule is O=C(Nc1cccc(Cl)c1)N1CCC(S(=O)(=O)Cc2ccco2)CC1. The molecule has 25 heavy (non-hydrogen) atoms. The number of likely N-dealkylation sites (tertiary alicyclic amines) is 1. The van der Waals surface area contributed by atoms with Crippen molar-refractivity contribution in [3.05, 3.63) is 53.4 Å². The molecule has 0 unspecified atom stereocenters. The normalized spacial score (nSPS) is 16.0. The third-order valence-corrected chi connectivity index (χ3v) is 6.65. The number of hydrogen-bond acceptors (Lipinski definition) is 4. The number of halogens is 1. The zero-order valence-corrected chi connectivity index (χ0v) is 15.1. The maximum Gasteiger partial charge on any atom is 0.321 e. The molecular formula is C17H19ClN2O4S. The van der Waals surface area contributed by atoms with Gasteiger partial charge in [0.15, 0.2) is 9.84 Å². The van der Waals surface area contributed by atoms with Crippen LogP contribution in [0.1, 0.15) is 18.6 Å². The van der Waals surface area contributed by atoms with Gasteiger partial charge in [-0.3, -0.25) is 0 Å². The van der Waals surface area contributed by atoms with Crippen molar-refractivity contribution in [1.82, 2.24) is 4.90 Å². The summed E-state index contributed by atoms with van der Waals surface area (Å²) in [6.07, 6.45) is 2.31. The molecule has 1 fully saturated rings. The minimum Gasteiger partial charge on any atom is -0.468 e. The highest BCUT2D eigenvalue weighted by molar-refractivity contribution is 7.91. The number of anilines is 1. The minimum atomic E-state index is -3.29. The highest BCUT2D eigenvalue weighted by atomic mass is 35.5. The van der Waals surface area contributed by atoms with E-state index in [-0.39, 0.29) is 11.8 Å². The first-order valence-corrected chi connectivity index (χ1v) is 10.1. The summed E-state index contributed by atoms with van der Waals surface area (Å²) in [5.74, 6) is 0.348. The van der Waals surface area contributed by atoms with Crippen LogP contribution in [0.5, 0.6) is 0 Å². The second kappa shape index (κ2) is 7.49. The van der Waals surface area contributed by atoms with Gasteiger partial charge in [0.2, 0.25) is 0 Å². The van der Waals surface area contributed by atoms with Gasteiger partial charge < -0.3 is 14.6 Å². The van der Waals surface area contributed by atoms with Gasteiger partial charge in [0.1, 0.15) is 11.5 Å².